The van der Waals surface area contributed by atoms with Gasteiger partial charge in [-0.25, -0.2) is 14.0 Å². The van der Waals surface area contributed by atoms with Crippen molar-refractivity contribution in [3.63, 3.8) is 0 Å². The van der Waals surface area contributed by atoms with Gasteiger partial charge in [-0.05, 0) is 57.0 Å². The minimum absolute atomic E-state index is 0.0957. The molecule has 9 heteroatoms. The van der Waals surface area contributed by atoms with Crippen LogP contribution in [0.25, 0.3) is 0 Å². The monoisotopic (exact) mass is 558 g/mol. The van der Waals surface area contributed by atoms with E-state index in [-0.39, 0.29) is 27.1 Å². The average molecular weight is 559 g/mol. The molecule has 0 atom stereocenters. The van der Waals surface area contributed by atoms with E-state index in [0.717, 1.165) is 11.3 Å². The summed E-state index contributed by atoms with van der Waals surface area (Å²) in [6.07, 6.45) is 0. The molecule has 0 aliphatic carbocycles. The predicted octanol–water partition coefficient (Wildman–Crippen LogP) is 5.94. The molecule has 1 heterocycles. The number of rotatable bonds is 10. The van der Waals surface area contributed by atoms with Crippen LogP contribution in [-0.4, -0.2) is 59.2 Å². The maximum absolute atomic E-state index is 15.3. The molecule has 0 fully saturated rings. The number of carbonyl (C=O) groups is 2. The van der Waals surface area contributed by atoms with Crippen LogP contribution >= 0.6 is 11.6 Å². The third kappa shape index (κ3) is 5.97. The van der Waals surface area contributed by atoms with Gasteiger partial charge in [-0.2, -0.15) is 0 Å². The van der Waals surface area contributed by atoms with Crippen molar-refractivity contribution in [2.24, 2.45) is 5.41 Å². The first-order chi connectivity index (χ1) is 18.1. The highest BCUT2D eigenvalue weighted by Gasteiger charge is 2.50. The summed E-state index contributed by atoms with van der Waals surface area (Å²) < 4.78 is 20.5. The van der Waals surface area contributed by atoms with Gasteiger partial charge >= 0.3 is 11.9 Å². The molecule has 3 rings (SSSR count). The number of hydrogen-bond acceptors (Lipinski definition) is 5. The third-order valence-electron chi connectivity index (χ3n) is 7.35. The summed E-state index contributed by atoms with van der Waals surface area (Å²) in [5.74, 6) is -2.70. The second kappa shape index (κ2) is 11.4. The lowest BCUT2D eigenvalue weighted by Crippen LogP contribution is -2.47. The quantitative estimate of drug-likeness (QED) is 0.373. The number of hydrogen-bond donors (Lipinski definition) is 2. The van der Waals surface area contributed by atoms with E-state index in [1.807, 2.05) is 45.2 Å². The van der Waals surface area contributed by atoms with Gasteiger partial charge in [0.05, 0.1) is 28.7 Å². The summed E-state index contributed by atoms with van der Waals surface area (Å²) in [6, 6.07) is 12.0. The average Bonchev–Trinajstić information content (AvgIpc) is 2.83. The fraction of sp³-hybridized carbons (Fsp3) is 0.400. The van der Waals surface area contributed by atoms with Crippen LogP contribution in [0.15, 0.2) is 65.0 Å². The van der Waals surface area contributed by atoms with Gasteiger partial charge in [-0.15, -0.1) is 0 Å². The Morgan fingerprint density at radius 3 is 2.08 bits per heavy atom. The first-order valence-corrected chi connectivity index (χ1v) is 12.9. The summed E-state index contributed by atoms with van der Waals surface area (Å²) in [4.78, 5) is 29.3. The fourth-order valence-corrected chi connectivity index (χ4v) is 5.99. The number of allylic oxidation sites excluding steroid dienone is 2. The van der Waals surface area contributed by atoms with Gasteiger partial charge in [-0.1, -0.05) is 49.7 Å². The zero-order valence-electron chi connectivity index (χ0n) is 23.4. The highest BCUT2D eigenvalue weighted by Crippen LogP contribution is 2.49. The van der Waals surface area contributed by atoms with E-state index in [0.29, 0.717) is 31.0 Å². The number of benzene rings is 2. The van der Waals surface area contributed by atoms with Gasteiger partial charge in [-0.3, -0.25) is 0 Å². The van der Waals surface area contributed by atoms with Crippen LogP contribution in [0.1, 0.15) is 45.7 Å². The first kappa shape index (κ1) is 30.2. The molecule has 2 aromatic rings. The molecule has 2 N–H and O–H groups in total. The molecular formula is C30H36ClFN2O5. The molecule has 0 radical (unpaired) electrons. The summed E-state index contributed by atoms with van der Waals surface area (Å²) >= 11 is 6.04. The molecule has 210 valence electrons. The Bertz CT molecular complexity index is 1300. The number of halogens is 2. The molecule has 0 amide bonds. The Morgan fingerprint density at radius 2 is 1.59 bits per heavy atom. The van der Waals surface area contributed by atoms with Crippen LogP contribution in [-0.2, 0) is 21.5 Å². The largest absolute Gasteiger partial charge is 0.497 e. The Balaban J connectivity index is 2.01. The number of aliphatic carboxylic acids is 2. The van der Waals surface area contributed by atoms with Crippen LogP contribution in [0.4, 0.5) is 4.39 Å². The van der Waals surface area contributed by atoms with Crippen LogP contribution < -0.4 is 4.74 Å². The van der Waals surface area contributed by atoms with Crippen molar-refractivity contribution in [3.8, 4) is 5.75 Å². The lowest BCUT2D eigenvalue weighted by molar-refractivity contribution is -0.134. The van der Waals surface area contributed by atoms with Gasteiger partial charge in [0.15, 0.2) is 0 Å². The zero-order chi connectivity index (χ0) is 29.3. The Kier molecular flexibility index (Phi) is 8.82. The second-order valence-corrected chi connectivity index (χ2v) is 11.4. The van der Waals surface area contributed by atoms with Gasteiger partial charge in [0.25, 0.3) is 0 Å². The Morgan fingerprint density at radius 1 is 1.05 bits per heavy atom. The van der Waals surface area contributed by atoms with Crippen LogP contribution in [0, 0.1) is 11.2 Å². The Hall–Kier alpha value is -3.36. The van der Waals surface area contributed by atoms with Crippen molar-refractivity contribution in [1.29, 1.82) is 0 Å². The summed E-state index contributed by atoms with van der Waals surface area (Å²) in [5, 5.41) is 20.5. The number of nitrogens with zero attached hydrogens (tertiary/aromatic N) is 2. The van der Waals surface area contributed by atoms with Gasteiger partial charge in [0.1, 0.15) is 11.6 Å². The molecule has 0 bridgehead atoms. The van der Waals surface area contributed by atoms with Crippen molar-refractivity contribution in [2.75, 3.05) is 27.2 Å². The number of methoxy groups -OCH3 is 1. The highest BCUT2D eigenvalue weighted by atomic mass is 35.5. The normalized spacial score (nSPS) is 15.7. The molecule has 1 aliphatic heterocycles. The van der Waals surface area contributed by atoms with E-state index in [9.17, 15) is 19.8 Å². The molecule has 7 nitrogen and oxygen atoms in total. The van der Waals surface area contributed by atoms with Crippen molar-refractivity contribution >= 4 is 23.5 Å². The lowest BCUT2D eigenvalue weighted by Gasteiger charge is -2.45. The second-order valence-electron chi connectivity index (χ2n) is 11.0. The Labute approximate surface area is 234 Å². The van der Waals surface area contributed by atoms with Crippen LogP contribution in [0.3, 0.4) is 0 Å². The van der Waals surface area contributed by atoms with Gasteiger partial charge in [0, 0.05) is 36.6 Å². The molecule has 0 unspecified atom stereocenters. The minimum Gasteiger partial charge on any atom is -0.497 e. The van der Waals surface area contributed by atoms with Crippen LogP contribution in [0.2, 0.25) is 5.02 Å². The zero-order valence-corrected chi connectivity index (χ0v) is 24.2. The summed E-state index contributed by atoms with van der Waals surface area (Å²) in [6.45, 7) is 10.5. The standard InChI is InChI=1S/C30H36ClFN2O5/c1-18-24(27(35)36)30(5,22-9-8-10-23(31)26(22)32)25(28(37)38)19(2)34(18)17-29(3,4)16-33(6)15-20-11-13-21(39-7)14-12-20/h8-14H,15-17H2,1-7H3,(H,35,36)(H,37,38). The third-order valence-corrected chi connectivity index (χ3v) is 7.64. The molecular weight excluding hydrogens is 523 g/mol. The molecule has 0 saturated carbocycles. The smallest absolute Gasteiger partial charge is 0.334 e. The van der Waals surface area contributed by atoms with Crippen LogP contribution in [0.5, 0.6) is 5.75 Å². The van der Waals surface area contributed by atoms with E-state index in [4.69, 9.17) is 16.3 Å². The number of carboxylic acids is 2. The summed E-state index contributed by atoms with van der Waals surface area (Å²) in [7, 11) is 3.62. The molecule has 0 saturated heterocycles. The summed E-state index contributed by atoms with van der Waals surface area (Å²) in [5.41, 5.74) is -0.821. The van der Waals surface area contributed by atoms with Gasteiger partial charge in [0.2, 0.25) is 0 Å². The maximum Gasteiger partial charge on any atom is 0.334 e. The number of ether oxygens (including phenoxy) is 1. The van der Waals surface area contributed by atoms with E-state index in [1.54, 1.807) is 25.9 Å². The van der Waals surface area contributed by atoms with E-state index >= 15 is 4.39 Å². The molecule has 0 aromatic heterocycles. The van der Waals surface area contributed by atoms with Crippen molar-refractivity contribution in [3.05, 3.63) is 87.0 Å². The molecule has 1 aliphatic rings. The predicted molar refractivity (Wildman–Crippen MR) is 149 cm³/mol. The maximum atomic E-state index is 15.3. The van der Waals surface area contributed by atoms with Crippen molar-refractivity contribution in [1.82, 2.24) is 9.80 Å². The molecule has 2 aromatic carbocycles. The van der Waals surface area contributed by atoms with Crippen molar-refractivity contribution in [2.45, 2.75) is 46.6 Å². The number of carboxylic acid groups (broad SMARTS) is 2. The topological polar surface area (TPSA) is 90.3 Å². The first-order valence-electron chi connectivity index (χ1n) is 12.6. The fourth-order valence-electron chi connectivity index (χ4n) is 5.81. The van der Waals surface area contributed by atoms with Crippen molar-refractivity contribution < 1.29 is 28.9 Å². The van der Waals surface area contributed by atoms with E-state index in [2.05, 4.69) is 4.90 Å². The minimum atomic E-state index is -1.77. The highest BCUT2D eigenvalue weighted by molar-refractivity contribution is 6.30. The molecule has 0 spiro atoms. The van der Waals surface area contributed by atoms with Gasteiger partial charge < -0.3 is 24.7 Å². The lowest BCUT2D eigenvalue weighted by atomic mass is 9.66. The van der Waals surface area contributed by atoms with E-state index < -0.39 is 23.2 Å². The molecule has 39 heavy (non-hydrogen) atoms. The van der Waals surface area contributed by atoms with E-state index in [1.165, 1.54) is 25.1 Å². The SMILES string of the molecule is COc1ccc(CN(C)CC(C)(C)CN2C(C)=C(C(=O)O)C(C)(c3cccc(Cl)c3F)C(C(=O)O)=C2C)cc1.